The minimum Gasteiger partial charge on any atom is -0.463 e. The van der Waals surface area contributed by atoms with Crippen molar-refractivity contribution in [2.75, 3.05) is 33.3 Å². The van der Waals surface area contributed by atoms with Crippen LogP contribution in [0.2, 0.25) is 0 Å². The summed E-state index contributed by atoms with van der Waals surface area (Å²) in [5, 5.41) is 0. The van der Waals surface area contributed by atoms with Gasteiger partial charge in [0.05, 0.1) is 18.6 Å². The first-order valence-electron chi connectivity index (χ1n) is 9.42. The van der Waals surface area contributed by atoms with E-state index in [1.54, 1.807) is 24.3 Å². The molecule has 0 bridgehead atoms. The van der Waals surface area contributed by atoms with Crippen LogP contribution < -0.4 is 0 Å². The molecule has 0 saturated carbocycles. The normalized spacial score (nSPS) is 16.2. The van der Waals surface area contributed by atoms with E-state index in [-0.39, 0.29) is 5.76 Å². The lowest BCUT2D eigenvalue weighted by Crippen LogP contribution is -2.48. The fraction of sp³-hybridized carbons (Fsp3) is 0.450. The highest BCUT2D eigenvalue weighted by Crippen LogP contribution is 2.20. The average molecular weight is 407 g/mol. The van der Waals surface area contributed by atoms with E-state index in [0.29, 0.717) is 43.4 Å². The number of aryl methyl sites for hydroxylation is 1. The number of furan rings is 1. The van der Waals surface area contributed by atoms with Crippen molar-refractivity contribution in [2.45, 2.75) is 31.2 Å². The van der Waals surface area contributed by atoms with Crippen LogP contribution in [0.3, 0.4) is 0 Å². The molecular weight excluding hydrogens is 380 g/mol. The van der Waals surface area contributed by atoms with Crippen molar-refractivity contribution < 1.29 is 22.4 Å². The summed E-state index contributed by atoms with van der Waals surface area (Å²) < 4.78 is 37.4. The Balaban J connectivity index is 1.58. The highest BCUT2D eigenvalue weighted by Gasteiger charge is 2.28. The molecule has 1 aromatic carbocycles. The topological polar surface area (TPSA) is 80.1 Å². The van der Waals surface area contributed by atoms with Crippen LogP contribution in [0.4, 0.5) is 0 Å². The predicted molar refractivity (Wildman–Crippen MR) is 105 cm³/mol. The average Bonchev–Trinajstić information content (AvgIpc) is 3.17. The van der Waals surface area contributed by atoms with Crippen LogP contribution in [-0.4, -0.2) is 56.9 Å². The monoisotopic (exact) mass is 406 g/mol. The van der Waals surface area contributed by atoms with E-state index in [2.05, 4.69) is 16.6 Å². The summed E-state index contributed by atoms with van der Waals surface area (Å²) in [6.07, 6.45) is 1.98. The maximum atomic E-state index is 12.9. The third-order valence-corrected chi connectivity index (χ3v) is 6.77. The molecule has 0 atom stereocenters. The summed E-state index contributed by atoms with van der Waals surface area (Å²) in [5.41, 5.74) is 1.15. The van der Waals surface area contributed by atoms with Crippen molar-refractivity contribution in [3.63, 3.8) is 0 Å². The molecule has 0 N–H and O–H groups in total. The van der Waals surface area contributed by atoms with Crippen LogP contribution in [0.5, 0.6) is 0 Å². The van der Waals surface area contributed by atoms with Crippen molar-refractivity contribution in [1.82, 2.24) is 9.21 Å². The number of benzene rings is 1. The molecule has 0 aliphatic carbocycles. The van der Waals surface area contributed by atoms with Crippen LogP contribution in [0.1, 0.15) is 35.2 Å². The molecule has 1 aromatic heterocycles. The number of hydrogen-bond acceptors (Lipinski definition) is 6. The van der Waals surface area contributed by atoms with Gasteiger partial charge in [-0.1, -0.05) is 25.5 Å². The zero-order chi connectivity index (χ0) is 20.1. The van der Waals surface area contributed by atoms with Gasteiger partial charge in [-0.3, -0.25) is 4.90 Å². The molecule has 2 aromatic rings. The second kappa shape index (κ2) is 8.89. The molecule has 7 nitrogen and oxygen atoms in total. The van der Waals surface area contributed by atoms with Gasteiger partial charge in [0.15, 0.2) is 0 Å². The number of nitrogens with zero attached hydrogens (tertiary/aromatic N) is 2. The third-order valence-electron chi connectivity index (χ3n) is 4.86. The van der Waals surface area contributed by atoms with E-state index in [1.165, 1.54) is 11.4 Å². The van der Waals surface area contributed by atoms with Gasteiger partial charge in [-0.05, 0) is 36.2 Å². The zero-order valence-corrected chi connectivity index (χ0v) is 17.1. The molecule has 0 amide bonds. The molecule has 2 heterocycles. The smallest absolute Gasteiger partial charge is 0.373 e. The lowest BCUT2D eigenvalue weighted by Gasteiger charge is -2.33. The maximum Gasteiger partial charge on any atom is 0.373 e. The summed E-state index contributed by atoms with van der Waals surface area (Å²) in [6.45, 7) is 4.66. The highest BCUT2D eigenvalue weighted by atomic mass is 32.2. The SMILES string of the molecule is CCCc1ccc(S(=O)(=O)N2CCN(Cc3ccc(C(=O)OC)o3)CC2)cc1. The molecule has 0 unspecified atom stereocenters. The Hall–Kier alpha value is -2.16. The number of sulfonamides is 1. The Morgan fingerprint density at radius 1 is 1.07 bits per heavy atom. The van der Waals surface area contributed by atoms with E-state index in [0.717, 1.165) is 18.4 Å². The van der Waals surface area contributed by atoms with E-state index in [4.69, 9.17) is 4.42 Å². The second-order valence-electron chi connectivity index (χ2n) is 6.83. The molecule has 3 rings (SSSR count). The Kier molecular flexibility index (Phi) is 6.53. The molecule has 152 valence electrons. The van der Waals surface area contributed by atoms with Gasteiger partial charge in [-0.25, -0.2) is 13.2 Å². The zero-order valence-electron chi connectivity index (χ0n) is 16.3. The number of ether oxygens (including phenoxy) is 1. The Morgan fingerprint density at radius 3 is 2.36 bits per heavy atom. The minimum absolute atomic E-state index is 0.172. The lowest BCUT2D eigenvalue weighted by atomic mass is 10.1. The fourth-order valence-corrected chi connectivity index (χ4v) is 4.71. The van der Waals surface area contributed by atoms with Crippen molar-refractivity contribution >= 4 is 16.0 Å². The second-order valence-corrected chi connectivity index (χ2v) is 8.77. The van der Waals surface area contributed by atoms with Crippen LogP contribution >= 0.6 is 0 Å². The van der Waals surface area contributed by atoms with Gasteiger partial charge in [-0.15, -0.1) is 0 Å². The van der Waals surface area contributed by atoms with Crippen LogP contribution in [-0.2, 0) is 27.7 Å². The molecule has 0 radical (unpaired) electrons. The predicted octanol–water partition coefficient (Wildman–Crippen LogP) is 2.53. The highest BCUT2D eigenvalue weighted by molar-refractivity contribution is 7.89. The molecule has 1 aliphatic rings. The Labute approximate surface area is 165 Å². The summed E-state index contributed by atoms with van der Waals surface area (Å²) >= 11 is 0. The van der Waals surface area contributed by atoms with E-state index in [9.17, 15) is 13.2 Å². The third kappa shape index (κ3) is 4.63. The van der Waals surface area contributed by atoms with Gasteiger partial charge in [0.1, 0.15) is 5.76 Å². The van der Waals surface area contributed by atoms with Crippen molar-refractivity contribution in [2.24, 2.45) is 0 Å². The minimum atomic E-state index is -3.48. The molecule has 28 heavy (non-hydrogen) atoms. The summed E-state index contributed by atoms with van der Waals surface area (Å²) in [6, 6.07) is 10.5. The van der Waals surface area contributed by atoms with Crippen molar-refractivity contribution in [3.8, 4) is 0 Å². The summed E-state index contributed by atoms with van der Waals surface area (Å²) in [4.78, 5) is 13.9. The number of carbonyl (C=O) groups is 1. The number of rotatable bonds is 7. The first-order chi connectivity index (χ1) is 13.4. The first-order valence-corrected chi connectivity index (χ1v) is 10.9. The first kappa shape index (κ1) is 20.6. The molecular formula is C20H26N2O5S. The van der Waals surface area contributed by atoms with E-state index >= 15 is 0 Å². The van der Waals surface area contributed by atoms with Gasteiger partial charge in [0, 0.05) is 26.2 Å². The number of methoxy groups -OCH3 is 1. The Morgan fingerprint density at radius 2 is 1.75 bits per heavy atom. The van der Waals surface area contributed by atoms with E-state index in [1.807, 2.05) is 12.1 Å². The molecule has 1 aliphatic heterocycles. The van der Waals surface area contributed by atoms with Crippen LogP contribution in [0.25, 0.3) is 0 Å². The van der Waals surface area contributed by atoms with Gasteiger partial charge in [-0.2, -0.15) is 4.31 Å². The largest absolute Gasteiger partial charge is 0.463 e. The number of esters is 1. The van der Waals surface area contributed by atoms with Crippen molar-refractivity contribution in [1.29, 1.82) is 0 Å². The lowest BCUT2D eigenvalue weighted by molar-refractivity contribution is 0.0560. The standard InChI is InChI=1S/C20H26N2O5S/c1-3-4-16-5-8-18(9-6-16)28(24,25)22-13-11-21(12-14-22)15-17-7-10-19(27-17)20(23)26-2/h5-10H,3-4,11-15H2,1-2H3. The van der Waals surface area contributed by atoms with Gasteiger partial charge in [0.2, 0.25) is 15.8 Å². The molecule has 1 saturated heterocycles. The summed E-state index contributed by atoms with van der Waals surface area (Å²) in [7, 11) is -2.17. The van der Waals surface area contributed by atoms with Gasteiger partial charge < -0.3 is 9.15 Å². The van der Waals surface area contributed by atoms with E-state index < -0.39 is 16.0 Å². The number of piperazine rings is 1. The van der Waals surface area contributed by atoms with Gasteiger partial charge in [0.25, 0.3) is 0 Å². The fourth-order valence-electron chi connectivity index (χ4n) is 3.29. The maximum absolute atomic E-state index is 12.9. The molecule has 8 heteroatoms. The quantitative estimate of drug-likeness (QED) is 0.658. The summed E-state index contributed by atoms with van der Waals surface area (Å²) in [5.74, 6) is 0.320. The Bertz CT molecular complexity index is 897. The molecule has 0 spiro atoms. The number of hydrogen-bond donors (Lipinski definition) is 0. The number of carbonyl (C=O) groups excluding carboxylic acids is 1. The van der Waals surface area contributed by atoms with Gasteiger partial charge >= 0.3 is 5.97 Å². The molecule has 1 fully saturated rings. The van der Waals surface area contributed by atoms with Crippen molar-refractivity contribution in [3.05, 3.63) is 53.5 Å². The van der Waals surface area contributed by atoms with Crippen LogP contribution in [0.15, 0.2) is 45.7 Å². The van der Waals surface area contributed by atoms with Crippen LogP contribution in [0, 0.1) is 0 Å².